The van der Waals surface area contributed by atoms with Gasteiger partial charge in [-0.05, 0) is 84.7 Å². The summed E-state index contributed by atoms with van der Waals surface area (Å²) in [7, 11) is 1.95. The highest BCUT2D eigenvalue weighted by atomic mass is 33.1. The van der Waals surface area contributed by atoms with Gasteiger partial charge in [0.25, 0.3) is 0 Å². The fraction of sp³-hybridized carbons (Fsp3) is 0.389. The second-order valence-electron chi connectivity index (χ2n) is 19.2. The number of carbonyl (C=O) groups is 8. The molecule has 8 atom stereocenters. The quantitative estimate of drug-likeness (QED) is 0.0439. The molecule has 0 spiro atoms. The first-order chi connectivity index (χ1) is 37.4. The van der Waals surface area contributed by atoms with Gasteiger partial charge in [0.05, 0.1) is 6.04 Å². The Bertz CT molecular complexity index is 2900. The van der Waals surface area contributed by atoms with E-state index in [1.54, 1.807) is 44.3 Å². The van der Waals surface area contributed by atoms with Crippen molar-refractivity contribution in [2.45, 2.75) is 107 Å². The summed E-state index contributed by atoms with van der Waals surface area (Å²) in [5.74, 6) is -9.19. The number of primary amides is 1. The minimum Gasteiger partial charge on any atom is -0.368 e. The van der Waals surface area contributed by atoms with Gasteiger partial charge in [-0.1, -0.05) is 96.1 Å². The van der Waals surface area contributed by atoms with Crippen LogP contribution in [0, 0.1) is 17.6 Å². The Labute approximate surface area is 457 Å². The number of pyridine rings is 1. The molecule has 1 saturated heterocycles. The van der Waals surface area contributed by atoms with Gasteiger partial charge >= 0.3 is 0 Å². The topological polar surface area (TPSA) is 328 Å². The molecule has 78 heavy (non-hydrogen) atoms. The van der Waals surface area contributed by atoms with Gasteiger partial charge in [0.1, 0.15) is 53.9 Å². The standard InChI is InChI=1S/C54H66F2N12O8S2/c1-30(2)46-54(76)67-45(52(74)63-41(47(59)69)24-33-14-4-7-17-37(33)56)29-78-77-28-44(66-48(70)38(58)23-32-13-3-6-16-36(32)55)53(75)64-42(22-31-12-11-21-60-26-31)50(72)65-43(25-34-27-61-39-18-8-5-15-35(34)39)51(73)62-40(49(71)68-46)19-9-10-20-57/h3-8,11-18,21,26-27,30,38,40-46,61H,9-10,19-20,22-25,28-29,57-58H2,1-2H3,(H2,59,69)(H,62,73)(H,63,74)(H,64,75)(H,65,72)(H,66,70)(H,67,76)(H,68,71)/t38-,40-,41-,42-,43+,44+,45-,46-/m0/s1. The van der Waals surface area contributed by atoms with Crippen molar-refractivity contribution in [3.8, 4) is 0 Å². The zero-order valence-corrected chi connectivity index (χ0v) is 44.7. The summed E-state index contributed by atoms with van der Waals surface area (Å²) in [5, 5.41) is 19.7. The molecule has 416 valence electrons. The molecule has 0 unspecified atom stereocenters. The zero-order chi connectivity index (χ0) is 56.3. The van der Waals surface area contributed by atoms with Crippen LogP contribution in [0.5, 0.6) is 0 Å². The van der Waals surface area contributed by atoms with Crippen molar-refractivity contribution in [1.82, 2.24) is 47.2 Å². The van der Waals surface area contributed by atoms with E-state index >= 15 is 0 Å². The molecule has 1 aliphatic rings. The fourth-order valence-electron chi connectivity index (χ4n) is 8.57. The second kappa shape index (κ2) is 29.4. The van der Waals surface area contributed by atoms with E-state index in [2.05, 4.69) is 47.2 Å². The number of nitrogens with one attached hydrogen (secondary N) is 8. The van der Waals surface area contributed by atoms with Crippen molar-refractivity contribution < 1.29 is 47.1 Å². The molecule has 1 fully saturated rings. The highest BCUT2D eigenvalue weighted by Gasteiger charge is 2.36. The highest BCUT2D eigenvalue weighted by molar-refractivity contribution is 8.76. The highest BCUT2D eigenvalue weighted by Crippen LogP contribution is 2.25. The molecule has 5 aromatic rings. The third-order valence-corrected chi connectivity index (χ3v) is 15.4. The molecular formula is C54H66F2N12O8S2. The van der Waals surface area contributed by atoms with Gasteiger partial charge in [-0.15, -0.1) is 0 Å². The van der Waals surface area contributed by atoms with Crippen LogP contribution in [0.4, 0.5) is 8.78 Å². The number of nitrogens with zero attached hydrogens (tertiary/aromatic N) is 1. The summed E-state index contributed by atoms with van der Waals surface area (Å²) >= 11 is 0. The lowest BCUT2D eigenvalue weighted by atomic mass is 10.00. The number of hydrogen-bond acceptors (Lipinski definition) is 13. The first kappa shape index (κ1) is 59.8. The number of halogens is 2. The molecule has 1 aliphatic heterocycles. The van der Waals surface area contributed by atoms with Gasteiger partial charge in [-0.2, -0.15) is 0 Å². The maximum atomic E-state index is 14.8. The van der Waals surface area contributed by atoms with Crippen LogP contribution in [0.1, 0.15) is 55.4 Å². The maximum absolute atomic E-state index is 14.8. The van der Waals surface area contributed by atoms with Gasteiger partial charge in [0.2, 0.25) is 47.3 Å². The van der Waals surface area contributed by atoms with Gasteiger partial charge in [0.15, 0.2) is 0 Å². The van der Waals surface area contributed by atoms with Crippen molar-refractivity contribution in [3.63, 3.8) is 0 Å². The smallest absolute Gasteiger partial charge is 0.244 e. The van der Waals surface area contributed by atoms with Gasteiger partial charge in [0, 0.05) is 60.3 Å². The second-order valence-corrected chi connectivity index (χ2v) is 21.7. The number of rotatable bonds is 18. The lowest BCUT2D eigenvalue weighted by molar-refractivity contribution is -0.136. The van der Waals surface area contributed by atoms with E-state index in [9.17, 15) is 47.1 Å². The van der Waals surface area contributed by atoms with Crippen LogP contribution < -0.4 is 54.4 Å². The number of unbranched alkanes of at least 4 members (excludes halogenated alkanes) is 1. The lowest BCUT2D eigenvalue weighted by Crippen LogP contribution is -2.61. The summed E-state index contributed by atoms with van der Waals surface area (Å²) in [6.45, 7) is 3.57. The van der Waals surface area contributed by atoms with Gasteiger partial charge in [-0.25, -0.2) is 8.78 Å². The van der Waals surface area contributed by atoms with Crippen LogP contribution in [0.25, 0.3) is 10.9 Å². The third-order valence-electron chi connectivity index (χ3n) is 12.9. The number of fused-ring (bicyclic) bond motifs is 1. The summed E-state index contributed by atoms with van der Waals surface area (Å²) in [4.78, 5) is 121. The number of hydrogen-bond donors (Lipinski definition) is 11. The lowest BCUT2D eigenvalue weighted by Gasteiger charge is -2.29. The minimum atomic E-state index is -1.48. The van der Waals surface area contributed by atoms with Crippen molar-refractivity contribution in [1.29, 1.82) is 0 Å². The Morgan fingerprint density at radius 2 is 1.32 bits per heavy atom. The van der Waals surface area contributed by atoms with E-state index in [1.165, 1.54) is 48.8 Å². The normalized spacial score (nSPS) is 21.0. The molecule has 0 aliphatic carbocycles. The molecule has 6 rings (SSSR count). The fourth-order valence-corrected chi connectivity index (χ4v) is 10.9. The first-order valence-electron chi connectivity index (χ1n) is 25.4. The summed E-state index contributed by atoms with van der Waals surface area (Å²) < 4.78 is 29.5. The van der Waals surface area contributed by atoms with Crippen LogP contribution in [-0.4, -0.2) is 124 Å². The number of amides is 8. The van der Waals surface area contributed by atoms with Crippen molar-refractivity contribution in [2.75, 3.05) is 18.1 Å². The maximum Gasteiger partial charge on any atom is 0.244 e. The largest absolute Gasteiger partial charge is 0.368 e. The molecule has 0 saturated carbocycles. The molecule has 2 aromatic heterocycles. The number of H-pyrrole nitrogens is 1. The zero-order valence-electron chi connectivity index (χ0n) is 43.1. The summed E-state index contributed by atoms with van der Waals surface area (Å²) in [5.41, 5.74) is 20.0. The molecule has 0 bridgehead atoms. The number of para-hydroxylation sites is 1. The van der Waals surface area contributed by atoms with Crippen LogP contribution in [-0.2, 0) is 64.0 Å². The van der Waals surface area contributed by atoms with Crippen molar-refractivity contribution >= 4 is 79.7 Å². The Balaban J connectivity index is 1.39. The Morgan fingerprint density at radius 3 is 1.97 bits per heavy atom. The molecule has 24 heteroatoms. The Hall–Kier alpha value is -7.41. The molecule has 0 radical (unpaired) electrons. The number of carbonyl (C=O) groups excluding carboxylic acids is 8. The van der Waals surface area contributed by atoms with Crippen LogP contribution >= 0.6 is 21.6 Å². The van der Waals surface area contributed by atoms with E-state index in [4.69, 9.17) is 17.2 Å². The SMILES string of the molecule is CC(C)[C@@H]1NC(=O)[C@H](CCCCN)NC(=O)[C@@H](Cc2c[nH]c3ccccc23)NC(=O)[C@H](Cc2cccnc2)NC(=O)[C@H](NC(=O)[C@@H](N)Cc2ccccc2F)CSSC[C@@H](C(=O)N[C@@H](Cc2ccccc2F)C(N)=O)NC1=O. The van der Waals surface area contributed by atoms with E-state index in [0.29, 0.717) is 24.0 Å². The number of aromatic nitrogens is 2. The van der Waals surface area contributed by atoms with Crippen LogP contribution in [0.15, 0.2) is 104 Å². The van der Waals surface area contributed by atoms with E-state index in [-0.39, 0.29) is 61.3 Å². The first-order valence-corrected chi connectivity index (χ1v) is 27.9. The molecule has 14 N–H and O–H groups in total. The number of benzene rings is 3. The molecule has 20 nitrogen and oxygen atoms in total. The van der Waals surface area contributed by atoms with Crippen molar-refractivity contribution in [3.05, 3.63) is 137 Å². The summed E-state index contributed by atoms with van der Waals surface area (Å²) in [6, 6.07) is 10.8. The average Bonchev–Trinajstić information content (AvgIpc) is 3.86. The summed E-state index contributed by atoms with van der Waals surface area (Å²) in [6.07, 6.45) is 4.76. The molecule has 3 aromatic carbocycles. The molecule has 8 amide bonds. The van der Waals surface area contributed by atoms with E-state index in [1.807, 2.05) is 24.3 Å². The molecule has 3 heterocycles. The number of nitrogens with two attached hydrogens (primary N) is 3. The monoisotopic (exact) mass is 1110 g/mol. The predicted molar refractivity (Wildman–Crippen MR) is 293 cm³/mol. The van der Waals surface area contributed by atoms with Crippen LogP contribution in [0.3, 0.4) is 0 Å². The third kappa shape index (κ3) is 17.3. The average molecular weight is 1110 g/mol. The minimum absolute atomic E-state index is 0.0567. The Kier molecular flexibility index (Phi) is 22.5. The van der Waals surface area contributed by atoms with Gasteiger partial charge in [-0.3, -0.25) is 43.3 Å². The van der Waals surface area contributed by atoms with E-state index < -0.39 is 113 Å². The van der Waals surface area contributed by atoms with Crippen LogP contribution in [0.2, 0.25) is 0 Å². The predicted octanol–water partition coefficient (Wildman–Crippen LogP) is 1.50. The van der Waals surface area contributed by atoms with Gasteiger partial charge < -0.3 is 59.4 Å². The van der Waals surface area contributed by atoms with E-state index in [0.717, 1.165) is 32.5 Å². The number of aromatic amines is 1. The Morgan fingerprint density at radius 1 is 0.705 bits per heavy atom. The van der Waals surface area contributed by atoms with Crippen molar-refractivity contribution in [2.24, 2.45) is 23.1 Å². The molecular weight excluding hydrogens is 1050 g/mol.